The maximum absolute atomic E-state index is 13.2. The van der Waals surface area contributed by atoms with E-state index in [-0.39, 0.29) is 10.7 Å². The van der Waals surface area contributed by atoms with Crippen molar-refractivity contribution in [2.75, 3.05) is 4.90 Å². The van der Waals surface area contributed by atoms with Crippen molar-refractivity contribution in [3.63, 3.8) is 0 Å². The number of thiophene rings is 1. The van der Waals surface area contributed by atoms with Crippen LogP contribution in [0.2, 0.25) is 10.0 Å². The van der Waals surface area contributed by atoms with Gasteiger partial charge in [0, 0.05) is 14.8 Å². The number of halogens is 2. The molecular formula is C20H11Cl2NO2S2. The van der Waals surface area contributed by atoms with Crippen molar-refractivity contribution in [1.29, 1.82) is 0 Å². The lowest BCUT2D eigenvalue weighted by molar-refractivity contribution is -0.119. The third-order valence-electron chi connectivity index (χ3n) is 3.92. The van der Waals surface area contributed by atoms with Crippen LogP contribution < -0.4 is 4.90 Å². The Morgan fingerprint density at radius 3 is 2.37 bits per heavy atom. The second-order valence-corrected chi connectivity index (χ2v) is 8.51. The van der Waals surface area contributed by atoms with Crippen molar-refractivity contribution in [1.82, 2.24) is 0 Å². The van der Waals surface area contributed by atoms with Gasteiger partial charge in [0.25, 0.3) is 11.8 Å². The Bertz CT molecular complexity index is 1060. The Balaban J connectivity index is 1.83. The molecule has 1 aliphatic rings. The molecule has 0 N–H and O–H groups in total. The monoisotopic (exact) mass is 431 g/mol. The normalized spacial score (nSPS) is 14.4. The molecule has 0 saturated heterocycles. The minimum absolute atomic E-state index is 0.289. The topological polar surface area (TPSA) is 37.4 Å². The summed E-state index contributed by atoms with van der Waals surface area (Å²) < 4.78 is 0. The molecule has 0 unspecified atom stereocenters. The van der Waals surface area contributed by atoms with Crippen LogP contribution in [0.4, 0.5) is 5.69 Å². The molecule has 3 aromatic rings. The molecule has 0 aliphatic carbocycles. The molecule has 0 atom stereocenters. The summed E-state index contributed by atoms with van der Waals surface area (Å²) in [6.45, 7) is 0. The van der Waals surface area contributed by atoms with Gasteiger partial charge >= 0.3 is 0 Å². The van der Waals surface area contributed by atoms with Gasteiger partial charge in [0.2, 0.25) is 0 Å². The second-order valence-electron chi connectivity index (χ2n) is 5.64. The average molecular weight is 432 g/mol. The molecule has 1 aliphatic heterocycles. The van der Waals surface area contributed by atoms with Crippen molar-refractivity contribution in [3.8, 4) is 0 Å². The fourth-order valence-corrected chi connectivity index (χ4v) is 4.93. The van der Waals surface area contributed by atoms with E-state index in [1.54, 1.807) is 12.1 Å². The van der Waals surface area contributed by atoms with E-state index in [2.05, 4.69) is 0 Å². The SMILES string of the molecule is O=C1C(Sc2ccccc2)=C(c2cccs2)C(=O)N1c1cc(Cl)ccc1Cl. The zero-order chi connectivity index (χ0) is 19.0. The summed E-state index contributed by atoms with van der Waals surface area (Å²) in [6.07, 6.45) is 0. The number of anilines is 1. The zero-order valence-electron chi connectivity index (χ0n) is 13.7. The predicted octanol–water partition coefficient (Wildman–Crippen LogP) is 6.13. The molecule has 2 amide bonds. The van der Waals surface area contributed by atoms with E-state index in [1.807, 2.05) is 47.8 Å². The minimum atomic E-state index is -0.401. The summed E-state index contributed by atoms with van der Waals surface area (Å²) in [4.78, 5) is 29.5. The zero-order valence-corrected chi connectivity index (χ0v) is 16.8. The lowest BCUT2D eigenvalue weighted by Gasteiger charge is -2.17. The number of thioether (sulfide) groups is 1. The van der Waals surface area contributed by atoms with Crippen LogP contribution >= 0.6 is 46.3 Å². The van der Waals surface area contributed by atoms with Gasteiger partial charge in [-0.25, -0.2) is 4.90 Å². The lowest BCUT2D eigenvalue weighted by atomic mass is 10.2. The highest BCUT2D eigenvalue weighted by Gasteiger charge is 2.41. The summed E-state index contributed by atoms with van der Waals surface area (Å²) in [6, 6.07) is 17.9. The maximum Gasteiger partial charge on any atom is 0.273 e. The number of imide groups is 1. The number of carbonyl (C=O) groups excluding carboxylic acids is 2. The van der Waals surface area contributed by atoms with Crippen LogP contribution in [0.1, 0.15) is 4.88 Å². The van der Waals surface area contributed by atoms with Crippen molar-refractivity contribution in [2.45, 2.75) is 4.90 Å². The summed E-state index contributed by atoms with van der Waals surface area (Å²) in [7, 11) is 0. The van der Waals surface area contributed by atoms with Crippen LogP contribution in [0.5, 0.6) is 0 Å². The Morgan fingerprint density at radius 1 is 0.889 bits per heavy atom. The van der Waals surface area contributed by atoms with E-state index in [4.69, 9.17) is 23.2 Å². The lowest BCUT2D eigenvalue weighted by Crippen LogP contribution is -2.31. The highest BCUT2D eigenvalue weighted by Crippen LogP contribution is 2.44. The second kappa shape index (κ2) is 7.52. The Labute approximate surface area is 174 Å². The summed E-state index contributed by atoms with van der Waals surface area (Å²) in [5.41, 5.74) is 0.678. The molecule has 0 spiro atoms. The smallest absolute Gasteiger partial charge is 0.268 e. The molecule has 0 fully saturated rings. The average Bonchev–Trinajstić information content (AvgIpc) is 3.26. The van der Waals surface area contributed by atoms with Crippen molar-refractivity contribution >= 4 is 69.4 Å². The van der Waals surface area contributed by atoms with Gasteiger partial charge in [0.1, 0.15) is 0 Å². The summed E-state index contributed by atoms with van der Waals surface area (Å²) in [5.74, 6) is -0.800. The van der Waals surface area contributed by atoms with Gasteiger partial charge in [-0.05, 0) is 41.8 Å². The van der Waals surface area contributed by atoms with Gasteiger partial charge in [-0.2, -0.15) is 0 Å². The van der Waals surface area contributed by atoms with Gasteiger partial charge < -0.3 is 0 Å². The van der Waals surface area contributed by atoms with Gasteiger partial charge in [-0.3, -0.25) is 9.59 Å². The third-order valence-corrected chi connectivity index (χ3v) is 6.45. The Kier molecular flexibility index (Phi) is 5.10. The maximum atomic E-state index is 13.2. The first-order valence-electron chi connectivity index (χ1n) is 7.91. The van der Waals surface area contributed by atoms with E-state index in [0.717, 1.165) is 14.7 Å². The number of benzene rings is 2. The van der Waals surface area contributed by atoms with Crippen molar-refractivity contribution in [2.24, 2.45) is 0 Å². The molecule has 0 bridgehead atoms. The molecule has 1 aromatic heterocycles. The van der Waals surface area contributed by atoms with Crippen molar-refractivity contribution in [3.05, 3.63) is 85.9 Å². The molecule has 27 heavy (non-hydrogen) atoms. The van der Waals surface area contributed by atoms with Gasteiger partial charge in [-0.1, -0.05) is 59.2 Å². The van der Waals surface area contributed by atoms with Crippen LogP contribution in [0.25, 0.3) is 5.57 Å². The molecule has 4 rings (SSSR count). The van der Waals surface area contributed by atoms with Crippen molar-refractivity contribution < 1.29 is 9.59 Å². The Morgan fingerprint density at radius 2 is 1.67 bits per heavy atom. The number of hydrogen-bond donors (Lipinski definition) is 0. The molecule has 2 aromatic carbocycles. The minimum Gasteiger partial charge on any atom is -0.268 e. The van der Waals surface area contributed by atoms with Crippen LogP contribution in [-0.2, 0) is 9.59 Å². The first-order valence-corrected chi connectivity index (χ1v) is 10.4. The predicted molar refractivity (Wildman–Crippen MR) is 112 cm³/mol. The molecule has 0 saturated carbocycles. The molecule has 7 heteroatoms. The number of hydrogen-bond acceptors (Lipinski definition) is 4. The van der Waals surface area contributed by atoms with E-state index in [9.17, 15) is 9.59 Å². The Hall–Kier alpha value is -2.05. The molecule has 2 heterocycles. The van der Waals surface area contributed by atoms with Crippen LogP contribution in [0.15, 0.2) is 75.8 Å². The van der Waals surface area contributed by atoms with E-state index < -0.39 is 11.8 Å². The van der Waals surface area contributed by atoms with E-state index in [0.29, 0.717) is 15.5 Å². The fraction of sp³-hybridized carbons (Fsp3) is 0. The van der Waals surface area contributed by atoms with Crippen LogP contribution in [0, 0.1) is 0 Å². The quantitative estimate of drug-likeness (QED) is 0.466. The molecule has 3 nitrogen and oxygen atoms in total. The largest absolute Gasteiger partial charge is 0.273 e. The highest BCUT2D eigenvalue weighted by atomic mass is 35.5. The standard InChI is InChI=1S/C20H11Cl2NO2S2/c21-12-8-9-14(22)15(11-12)23-19(24)17(16-7-4-10-26-16)18(20(23)25)27-13-5-2-1-3-6-13/h1-11H. The van der Waals surface area contributed by atoms with Gasteiger partial charge in [0.15, 0.2) is 0 Å². The number of amides is 2. The first kappa shape index (κ1) is 18.3. The highest BCUT2D eigenvalue weighted by molar-refractivity contribution is 8.04. The summed E-state index contributed by atoms with van der Waals surface area (Å²) >= 11 is 15.0. The summed E-state index contributed by atoms with van der Waals surface area (Å²) in [5, 5.41) is 2.56. The van der Waals surface area contributed by atoms with E-state index >= 15 is 0 Å². The number of carbonyl (C=O) groups is 2. The number of nitrogens with zero attached hydrogens (tertiary/aromatic N) is 1. The van der Waals surface area contributed by atoms with Gasteiger partial charge in [-0.15, -0.1) is 11.3 Å². The molecule has 0 radical (unpaired) electrons. The van der Waals surface area contributed by atoms with Gasteiger partial charge in [0.05, 0.1) is 21.2 Å². The number of rotatable bonds is 4. The third kappa shape index (κ3) is 3.44. The molecule has 134 valence electrons. The first-order chi connectivity index (χ1) is 13.1. The van der Waals surface area contributed by atoms with Crippen LogP contribution in [-0.4, -0.2) is 11.8 Å². The molecular weight excluding hydrogens is 421 g/mol. The van der Waals surface area contributed by atoms with Crippen LogP contribution in [0.3, 0.4) is 0 Å². The fourth-order valence-electron chi connectivity index (χ4n) is 2.72. The van der Waals surface area contributed by atoms with E-state index in [1.165, 1.54) is 29.2 Å².